The van der Waals surface area contributed by atoms with E-state index in [9.17, 15) is 28.4 Å². The number of halogens is 1. The van der Waals surface area contributed by atoms with Crippen molar-refractivity contribution in [3.8, 4) is 0 Å². The number of urea groups is 1. The third kappa shape index (κ3) is 4.46. The Bertz CT molecular complexity index is 1390. The standard InChI is InChI=1S/C22H18FN5O6/c23-15-6-5-12(7-16-13-3-1-2-4-14(13)21(33)26-25-16)8-17(15)28-19(30)11-27(22(28)34)10-18(29)24-9-20(31)32/h1-6,8H,7,9-11H2,(H,24,29)(H,26,33)(H,31,32). The first-order valence-corrected chi connectivity index (χ1v) is 10.1. The van der Waals surface area contributed by atoms with E-state index in [0.717, 1.165) is 11.0 Å². The Labute approximate surface area is 190 Å². The van der Waals surface area contributed by atoms with Gasteiger partial charge >= 0.3 is 12.0 Å². The number of anilines is 1. The fraction of sp³-hybridized carbons (Fsp3) is 0.182. The lowest BCUT2D eigenvalue weighted by molar-refractivity contribution is -0.138. The van der Waals surface area contributed by atoms with Crippen molar-refractivity contribution in [1.82, 2.24) is 20.4 Å². The van der Waals surface area contributed by atoms with Gasteiger partial charge in [0.25, 0.3) is 11.5 Å². The van der Waals surface area contributed by atoms with Crippen LogP contribution < -0.4 is 15.8 Å². The molecule has 0 aliphatic carbocycles. The first-order chi connectivity index (χ1) is 16.2. The highest BCUT2D eigenvalue weighted by Crippen LogP contribution is 2.27. The predicted octanol–water partition coefficient (Wildman–Crippen LogP) is 0.622. The SMILES string of the molecule is O=C(O)CNC(=O)CN1CC(=O)N(c2cc(Cc3n[nH]c(=O)c4ccccc34)ccc2F)C1=O. The molecule has 0 atom stereocenters. The highest BCUT2D eigenvalue weighted by molar-refractivity contribution is 6.20. The van der Waals surface area contributed by atoms with Gasteiger partial charge in [0.1, 0.15) is 25.5 Å². The summed E-state index contributed by atoms with van der Waals surface area (Å²) in [7, 11) is 0. The molecule has 0 saturated carbocycles. The molecule has 12 heteroatoms. The summed E-state index contributed by atoms with van der Waals surface area (Å²) in [5.74, 6) is -3.58. The predicted molar refractivity (Wildman–Crippen MR) is 117 cm³/mol. The molecule has 174 valence electrons. The highest BCUT2D eigenvalue weighted by atomic mass is 19.1. The number of carboxylic acids is 1. The number of hydrogen-bond acceptors (Lipinski definition) is 6. The number of benzene rings is 2. The zero-order valence-corrected chi connectivity index (χ0v) is 17.6. The van der Waals surface area contributed by atoms with Crippen LogP contribution in [0.1, 0.15) is 11.3 Å². The quantitative estimate of drug-likeness (QED) is 0.431. The van der Waals surface area contributed by atoms with Gasteiger partial charge in [-0.3, -0.25) is 19.2 Å². The molecule has 3 aromatic rings. The van der Waals surface area contributed by atoms with Crippen LogP contribution in [0.2, 0.25) is 0 Å². The number of amides is 4. The van der Waals surface area contributed by atoms with Gasteiger partial charge in [0.05, 0.1) is 16.8 Å². The normalized spacial score (nSPS) is 13.6. The number of hydrogen-bond donors (Lipinski definition) is 3. The Hall–Kier alpha value is -4.61. The van der Waals surface area contributed by atoms with Crippen molar-refractivity contribution < 1.29 is 28.7 Å². The van der Waals surface area contributed by atoms with Crippen molar-refractivity contribution in [2.24, 2.45) is 0 Å². The van der Waals surface area contributed by atoms with Crippen LogP contribution in [-0.4, -0.2) is 63.7 Å². The largest absolute Gasteiger partial charge is 0.480 e. The molecular weight excluding hydrogens is 449 g/mol. The number of carbonyl (C=O) groups is 4. The van der Waals surface area contributed by atoms with E-state index in [1.165, 1.54) is 12.1 Å². The van der Waals surface area contributed by atoms with Crippen molar-refractivity contribution in [3.63, 3.8) is 0 Å². The summed E-state index contributed by atoms with van der Waals surface area (Å²) in [6.45, 7) is -1.65. The number of nitrogens with zero attached hydrogens (tertiary/aromatic N) is 3. The smallest absolute Gasteiger partial charge is 0.332 e. The Morgan fingerprint density at radius 1 is 1.12 bits per heavy atom. The van der Waals surface area contributed by atoms with Gasteiger partial charge in [0.15, 0.2) is 0 Å². The molecule has 0 spiro atoms. The van der Waals surface area contributed by atoms with Crippen molar-refractivity contribution in [1.29, 1.82) is 0 Å². The number of aliphatic carboxylic acids is 1. The minimum absolute atomic E-state index is 0.183. The van der Waals surface area contributed by atoms with E-state index in [2.05, 4.69) is 15.5 Å². The average molecular weight is 467 g/mol. The van der Waals surface area contributed by atoms with E-state index >= 15 is 0 Å². The maximum Gasteiger partial charge on any atom is 0.332 e. The first kappa shape index (κ1) is 22.6. The minimum Gasteiger partial charge on any atom is -0.480 e. The molecule has 2 heterocycles. The van der Waals surface area contributed by atoms with Gasteiger partial charge in [0.2, 0.25) is 5.91 Å². The number of carboxylic acid groups (broad SMARTS) is 1. The summed E-state index contributed by atoms with van der Waals surface area (Å²) < 4.78 is 14.6. The molecule has 1 aliphatic heterocycles. The molecule has 4 amide bonds. The van der Waals surface area contributed by atoms with Crippen LogP contribution in [0.15, 0.2) is 47.3 Å². The van der Waals surface area contributed by atoms with Gasteiger partial charge in [-0.2, -0.15) is 5.10 Å². The number of fused-ring (bicyclic) bond motifs is 1. The van der Waals surface area contributed by atoms with Crippen LogP contribution in [0.4, 0.5) is 14.9 Å². The van der Waals surface area contributed by atoms with E-state index in [0.29, 0.717) is 26.9 Å². The zero-order valence-electron chi connectivity index (χ0n) is 17.6. The molecule has 3 N–H and O–H groups in total. The average Bonchev–Trinajstić information content (AvgIpc) is 3.08. The van der Waals surface area contributed by atoms with E-state index in [1.54, 1.807) is 24.3 Å². The summed E-state index contributed by atoms with van der Waals surface area (Å²) >= 11 is 0. The minimum atomic E-state index is -1.26. The molecule has 1 aliphatic rings. The van der Waals surface area contributed by atoms with Crippen LogP contribution in [0, 0.1) is 5.82 Å². The Balaban J connectivity index is 1.58. The van der Waals surface area contributed by atoms with Gasteiger partial charge in [-0.05, 0) is 23.8 Å². The fourth-order valence-electron chi connectivity index (χ4n) is 3.65. The van der Waals surface area contributed by atoms with Gasteiger partial charge in [-0.15, -0.1) is 0 Å². The van der Waals surface area contributed by atoms with Crippen molar-refractivity contribution >= 4 is 40.3 Å². The molecule has 34 heavy (non-hydrogen) atoms. The molecular formula is C22H18FN5O6. The summed E-state index contributed by atoms with van der Waals surface area (Å²) in [4.78, 5) is 61.2. The Morgan fingerprint density at radius 2 is 1.85 bits per heavy atom. The number of nitrogens with one attached hydrogen (secondary N) is 2. The highest BCUT2D eigenvalue weighted by Gasteiger charge is 2.39. The molecule has 1 fully saturated rings. The molecule has 1 saturated heterocycles. The fourth-order valence-corrected chi connectivity index (χ4v) is 3.65. The Kier molecular flexibility index (Phi) is 6.04. The lowest BCUT2D eigenvalue weighted by Gasteiger charge is -2.18. The van der Waals surface area contributed by atoms with Gasteiger partial charge in [0, 0.05) is 11.8 Å². The van der Waals surface area contributed by atoms with Crippen molar-refractivity contribution in [3.05, 3.63) is 69.9 Å². The zero-order chi connectivity index (χ0) is 24.4. The van der Waals surface area contributed by atoms with E-state index < -0.39 is 49.3 Å². The maximum absolute atomic E-state index is 14.6. The van der Waals surface area contributed by atoms with E-state index in [1.807, 2.05) is 0 Å². The molecule has 0 unspecified atom stereocenters. The lowest BCUT2D eigenvalue weighted by Crippen LogP contribution is -2.41. The third-order valence-electron chi connectivity index (χ3n) is 5.21. The summed E-state index contributed by atoms with van der Waals surface area (Å²) in [6, 6.07) is 9.88. The molecule has 2 aromatic carbocycles. The second kappa shape index (κ2) is 9.10. The van der Waals surface area contributed by atoms with E-state index in [-0.39, 0.29) is 17.7 Å². The molecule has 11 nitrogen and oxygen atoms in total. The van der Waals surface area contributed by atoms with Crippen molar-refractivity contribution in [2.45, 2.75) is 6.42 Å². The number of H-pyrrole nitrogens is 1. The second-order valence-electron chi connectivity index (χ2n) is 7.55. The number of rotatable bonds is 7. The number of imide groups is 1. The molecule has 0 bridgehead atoms. The van der Waals surface area contributed by atoms with Crippen LogP contribution in [0.5, 0.6) is 0 Å². The van der Waals surface area contributed by atoms with Crippen LogP contribution in [0.25, 0.3) is 10.8 Å². The lowest BCUT2D eigenvalue weighted by atomic mass is 10.0. The van der Waals surface area contributed by atoms with Crippen LogP contribution in [0.3, 0.4) is 0 Å². The van der Waals surface area contributed by atoms with Crippen LogP contribution >= 0.6 is 0 Å². The number of aromatic amines is 1. The van der Waals surface area contributed by atoms with Crippen LogP contribution in [-0.2, 0) is 20.8 Å². The molecule has 4 rings (SSSR count). The molecule has 1 aromatic heterocycles. The van der Waals surface area contributed by atoms with Gasteiger partial charge in [-0.1, -0.05) is 24.3 Å². The number of carbonyl (C=O) groups excluding carboxylic acids is 3. The summed E-state index contributed by atoms with van der Waals surface area (Å²) in [5.41, 5.74) is 0.414. The number of aromatic nitrogens is 2. The first-order valence-electron chi connectivity index (χ1n) is 10.1. The summed E-state index contributed by atoms with van der Waals surface area (Å²) in [5, 5.41) is 18.3. The van der Waals surface area contributed by atoms with E-state index in [4.69, 9.17) is 5.11 Å². The molecule has 0 radical (unpaired) electrons. The second-order valence-corrected chi connectivity index (χ2v) is 7.55. The van der Waals surface area contributed by atoms with Gasteiger partial charge < -0.3 is 15.3 Å². The topological polar surface area (TPSA) is 153 Å². The van der Waals surface area contributed by atoms with Crippen molar-refractivity contribution in [2.75, 3.05) is 24.5 Å². The third-order valence-corrected chi connectivity index (χ3v) is 5.21. The monoisotopic (exact) mass is 467 g/mol. The summed E-state index contributed by atoms with van der Waals surface area (Å²) in [6.07, 6.45) is 0.183. The maximum atomic E-state index is 14.6. The van der Waals surface area contributed by atoms with Gasteiger partial charge in [-0.25, -0.2) is 19.2 Å². The Morgan fingerprint density at radius 3 is 2.59 bits per heavy atom.